The lowest BCUT2D eigenvalue weighted by atomic mass is 10.1. The monoisotopic (exact) mass is 435 g/mol. The second kappa shape index (κ2) is 8.29. The second-order valence-electron chi connectivity index (χ2n) is 7.48. The summed E-state index contributed by atoms with van der Waals surface area (Å²) >= 11 is 0. The Hall–Kier alpha value is -3.95. The van der Waals surface area contributed by atoms with Crippen LogP contribution in [0.15, 0.2) is 54.9 Å². The van der Waals surface area contributed by atoms with E-state index in [9.17, 15) is 13.6 Å². The van der Waals surface area contributed by atoms with Gasteiger partial charge in [-0.05, 0) is 17.7 Å². The van der Waals surface area contributed by atoms with Gasteiger partial charge in [0.25, 0.3) is 5.91 Å². The van der Waals surface area contributed by atoms with Gasteiger partial charge in [-0.15, -0.1) is 5.10 Å². The molecule has 0 bridgehead atoms. The summed E-state index contributed by atoms with van der Waals surface area (Å²) in [4.78, 5) is 24.8. The number of anilines is 1. The molecule has 10 heteroatoms. The number of carbonyl (C=O) groups excluding carboxylic acids is 1. The molecule has 162 valence electrons. The van der Waals surface area contributed by atoms with Crippen molar-refractivity contribution in [2.45, 2.75) is 6.54 Å². The average Bonchev–Trinajstić information content (AvgIpc) is 3.22. The third kappa shape index (κ3) is 3.64. The minimum absolute atomic E-state index is 0.302. The number of carbonyl (C=O) groups is 1. The van der Waals surface area contributed by atoms with Crippen LogP contribution in [0.1, 0.15) is 15.9 Å². The van der Waals surface area contributed by atoms with Crippen molar-refractivity contribution in [3.8, 4) is 0 Å². The van der Waals surface area contributed by atoms with Crippen LogP contribution in [0, 0.1) is 11.6 Å². The van der Waals surface area contributed by atoms with Crippen molar-refractivity contribution in [3.05, 3.63) is 77.6 Å². The van der Waals surface area contributed by atoms with Gasteiger partial charge in [-0.2, -0.15) is 0 Å². The molecule has 0 aliphatic carbocycles. The van der Waals surface area contributed by atoms with E-state index in [2.05, 4.69) is 20.3 Å². The Kier molecular flexibility index (Phi) is 5.18. The van der Waals surface area contributed by atoms with Crippen molar-refractivity contribution in [2.24, 2.45) is 0 Å². The van der Waals surface area contributed by atoms with Crippen LogP contribution in [0.25, 0.3) is 11.2 Å². The average molecular weight is 435 g/mol. The van der Waals surface area contributed by atoms with Gasteiger partial charge >= 0.3 is 0 Å². The number of hydrogen-bond donors (Lipinski definition) is 0. The normalized spacial score (nSPS) is 14.2. The predicted octanol–water partition coefficient (Wildman–Crippen LogP) is 2.51. The Balaban J connectivity index is 1.34. The highest BCUT2D eigenvalue weighted by Crippen LogP contribution is 2.23. The number of fused-ring (bicyclic) bond motifs is 1. The maximum absolute atomic E-state index is 14.0. The Labute approximate surface area is 182 Å². The lowest BCUT2D eigenvalue weighted by Crippen LogP contribution is -2.49. The molecule has 1 fully saturated rings. The summed E-state index contributed by atoms with van der Waals surface area (Å²) in [6, 6.07) is 13.3. The number of rotatable bonds is 4. The van der Waals surface area contributed by atoms with Crippen molar-refractivity contribution >= 4 is 22.9 Å². The maximum atomic E-state index is 14.0. The first-order valence-electron chi connectivity index (χ1n) is 10.2. The summed E-state index contributed by atoms with van der Waals surface area (Å²) in [6.07, 6.45) is 1.47. The molecule has 1 saturated heterocycles. The lowest BCUT2D eigenvalue weighted by molar-refractivity contribution is 0.0736. The van der Waals surface area contributed by atoms with E-state index in [0.717, 1.165) is 17.7 Å². The number of hydrogen-bond acceptors (Lipinski definition) is 6. The third-order valence-corrected chi connectivity index (χ3v) is 5.50. The highest BCUT2D eigenvalue weighted by Gasteiger charge is 2.28. The van der Waals surface area contributed by atoms with Crippen LogP contribution in [0.4, 0.5) is 14.6 Å². The lowest BCUT2D eigenvalue weighted by Gasteiger charge is -2.35. The van der Waals surface area contributed by atoms with Crippen LogP contribution in [0.2, 0.25) is 0 Å². The highest BCUT2D eigenvalue weighted by atomic mass is 19.1. The van der Waals surface area contributed by atoms with E-state index in [1.54, 1.807) is 4.68 Å². The molecule has 0 N–H and O–H groups in total. The summed E-state index contributed by atoms with van der Waals surface area (Å²) in [5, 5.41) is 8.52. The topological polar surface area (TPSA) is 80.0 Å². The molecule has 0 unspecified atom stereocenters. The SMILES string of the molecule is O=C(c1c(F)cccc1F)N1CCN(c2ncnc3c2nnn3Cc2ccccc2)CC1. The first-order chi connectivity index (χ1) is 15.6. The largest absolute Gasteiger partial charge is 0.351 e. The number of benzene rings is 2. The van der Waals surface area contributed by atoms with Crippen molar-refractivity contribution < 1.29 is 13.6 Å². The standard InChI is InChI=1S/C22H19F2N7O/c23-16-7-4-8-17(24)18(16)22(32)30-11-9-29(10-12-30)20-19-21(26-14-25-20)31(28-27-19)13-15-5-2-1-3-6-15/h1-8,14H,9-13H2. The van der Waals surface area contributed by atoms with E-state index in [-0.39, 0.29) is 0 Å². The van der Waals surface area contributed by atoms with Crippen LogP contribution in [0.3, 0.4) is 0 Å². The number of halogens is 2. The van der Waals surface area contributed by atoms with Crippen LogP contribution in [0.5, 0.6) is 0 Å². The molecular formula is C22H19F2N7O. The molecule has 32 heavy (non-hydrogen) atoms. The van der Waals surface area contributed by atoms with E-state index >= 15 is 0 Å². The minimum Gasteiger partial charge on any atom is -0.351 e. The molecule has 5 rings (SSSR count). The Morgan fingerprint density at radius 2 is 1.62 bits per heavy atom. The maximum Gasteiger partial charge on any atom is 0.259 e. The summed E-state index contributed by atoms with van der Waals surface area (Å²) in [7, 11) is 0. The molecule has 1 aliphatic heterocycles. The van der Waals surface area contributed by atoms with Crippen molar-refractivity contribution in [2.75, 3.05) is 31.1 Å². The van der Waals surface area contributed by atoms with Gasteiger partial charge in [0.1, 0.15) is 23.5 Å². The van der Waals surface area contributed by atoms with Gasteiger partial charge in [0.15, 0.2) is 17.0 Å². The van der Waals surface area contributed by atoms with Crippen LogP contribution in [-0.4, -0.2) is 61.9 Å². The second-order valence-corrected chi connectivity index (χ2v) is 7.48. The zero-order valence-electron chi connectivity index (χ0n) is 17.0. The third-order valence-electron chi connectivity index (χ3n) is 5.50. The number of amides is 1. The van der Waals surface area contributed by atoms with Gasteiger partial charge in [-0.1, -0.05) is 41.6 Å². The molecule has 0 radical (unpaired) electrons. The quantitative estimate of drug-likeness (QED) is 0.490. The fourth-order valence-corrected chi connectivity index (χ4v) is 3.86. The fraction of sp³-hybridized carbons (Fsp3) is 0.227. The van der Waals surface area contributed by atoms with Gasteiger partial charge in [0.2, 0.25) is 0 Å². The molecular weight excluding hydrogens is 416 g/mol. The molecule has 1 aliphatic rings. The van der Waals surface area contributed by atoms with Gasteiger partial charge in [-0.25, -0.2) is 23.4 Å². The summed E-state index contributed by atoms with van der Waals surface area (Å²) in [5.41, 5.74) is 1.75. The molecule has 0 atom stereocenters. The molecule has 4 aromatic rings. The van der Waals surface area contributed by atoms with Gasteiger partial charge < -0.3 is 9.80 Å². The fourth-order valence-electron chi connectivity index (χ4n) is 3.86. The molecule has 2 aromatic carbocycles. The van der Waals surface area contributed by atoms with Gasteiger partial charge in [-0.3, -0.25) is 4.79 Å². The van der Waals surface area contributed by atoms with Crippen molar-refractivity contribution in [1.82, 2.24) is 29.9 Å². The molecule has 3 heterocycles. The molecule has 1 amide bonds. The zero-order chi connectivity index (χ0) is 22.1. The molecule has 0 saturated carbocycles. The molecule has 2 aromatic heterocycles. The molecule has 8 nitrogen and oxygen atoms in total. The van der Waals surface area contributed by atoms with E-state index < -0.39 is 23.1 Å². The molecule has 0 spiro atoms. The van der Waals surface area contributed by atoms with E-state index in [1.165, 1.54) is 17.3 Å². The van der Waals surface area contributed by atoms with Crippen LogP contribution >= 0.6 is 0 Å². The van der Waals surface area contributed by atoms with E-state index in [1.807, 2.05) is 35.2 Å². The van der Waals surface area contributed by atoms with Gasteiger partial charge in [0, 0.05) is 26.2 Å². The van der Waals surface area contributed by atoms with E-state index in [0.29, 0.717) is 49.7 Å². The van der Waals surface area contributed by atoms with Gasteiger partial charge in [0.05, 0.1) is 6.54 Å². The first-order valence-corrected chi connectivity index (χ1v) is 10.2. The highest BCUT2D eigenvalue weighted by molar-refractivity contribution is 5.95. The van der Waals surface area contributed by atoms with Crippen LogP contribution < -0.4 is 4.90 Å². The van der Waals surface area contributed by atoms with Crippen LogP contribution in [-0.2, 0) is 6.54 Å². The Morgan fingerprint density at radius 1 is 0.906 bits per heavy atom. The summed E-state index contributed by atoms with van der Waals surface area (Å²) in [6.45, 7) is 2.02. The zero-order valence-corrected chi connectivity index (χ0v) is 17.0. The Morgan fingerprint density at radius 3 is 2.34 bits per heavy atom. The Bertz CT molecular complexity index is 1250. The predicted molar refractivity (Wildman–Crippen MR) is 113 cm³/mol. The minimum atomic E-state index is -0.857. The van der Waals surface area contributed by atoms with E-state index in [4.69, 9.17) is 0 Å². The number of aromatic nitrogens is 5. The van der Waals surface area contributed by atoms with Crippen molar-refractivity contribution in [3.63, 3.8) is 0 Å². The smallest absolute Gasteiger partial charge is 0.259 e. The number of piperazine rings is 1. The van der Waals surface area contributed by atoms with Crippen molar-refractivity contribution in [1.29, 1.82) is 0 Å². The summed E-state index contributed by atoms with van der Waals surface area (Å²) < 4.78 is 29.7. The first kappa shape index (κ1) is 20.0. The number of nitrogens with zero attached hydrogens (tertiary/aromatic N) is 7. The summed E-state index contributed by atoms with van der Waals surface area (Å²) in [5.74, 6) is -1.74.